The fraction of sp³-hybridized carbons (Fsp3) is 0.769. The summed E-state index contributed by atoms with van der Waals surface area (Å²) in [5.41, 5.74) is -0.147. The minimum absolute atomic E-state index is 0.0248. The maximum absolute atomic E-state index is 11.7. The molecule has 116 valence electrons. The van der Waals surface area contributed by atoms with Crippen LogP contribution in [0.15, 0.2) is 0 Å². The molecule has 2 amide bonds. The van der Waals surface area contributed by atoms with Crippen molar-refractivity contribution in [2.24, 2.45) is 11.3 Å². The van der Waals surface area contributed by atoms with Crippen LogP contribution in [0.25, 0.3) is 0 Å². The highest BCUT2D eigenvalue weighted by Crippen LogP contribution is 2.24. The van der Waals surface area contributed by atoms with Gasteiger partial charge in [-0.1, -0.05) is 20.8 Å². The maximum Gasteiger partial charge on any atom is 0.325 e. The van der Waals surface area contributed by atoms with Crippen molar-refractivity contribution in [3.63, 3.8) is 0 Å². The standard InChI is InChI=1S/C13H24N2O5/c1-13(2,3)6-9(11(17)18)7-14-12(19)15(4)8-10(16)20-5/h9H,6-8H2,1-5H3,(H,14,19)(H,17,18). The van der Waals surface area contributed by atoms with Gasteiger partial charge in [-0.2, -0.15) is 0 Å². The third-order valence-electron chi connectivity index (χ3n) is 2.65. The normalized spacial score (nSPS) is 12.4. The first-order valence-corrected chi connectivity index (χ1v) is 6.35. The number of hydrogen-bond acceptors (Lipinski definition) is 4. The van der Waals surface area contributed by atoms with E-state index in [9.17, 15) is 14.4 Å². The lowest BCUT2D eigenvalue weighted by Crippen LogP contribution is -2.43. The van der Waals surface area contributed by atoms with Crippen LogP contribution in [0.2, 0.25) is 0 Å². The van der Waals surface area contributed by atoms with Crippen LogP contribution in [0.5, 0.6) is 0 Å². The predicted octanol–water partition coefficient (Wildman–Crippen LogP) is 0.938. The van der Waals surface area contributed by atoms with E-state index < -0.39 is 23.9 Å². The summed E-state index contributed by atoms with van der Waals surface area (Å²) >= 11 is 0. The third-order valence-corrected chi connectivity index (χ3v) is 2.65. The summed E-state index contributed by atoms with van der Waals surface area (Å²) in [7, 11) is 2.67. The summed E-state index contributed by atoms with van der Waals surface area (Å²) in [6.07, 6.45) is 0.448. The van der Waals surface area contributed by atoms with Gasteiger partial charge in [0.1, 0.15) is 6.54 Å². The van der Waals surface area contributed by atoms with Gasteiger partial charge in [0.2, 0.25) is 0 Å². The molecular weight excluding hydrogens is 264 g/mol. The molecule has 0 aromatic rings. The molecule has 0 bridgehead atoms. The van der Waals surface area contributed by atoms with Crippen molar-refractivity contribution in [1.82, 2.24) is 10.2 Å². The van der Waals surface area contributed by atoms with E-state index in [1.807, 2.05) is 20.8 Å². The van der Waals surface area contributed by atoms with E-state index in [1.165, 1.54) is 14.2 Å². The number of aliphatic carboxylic acids is 1. The summed E-state index contributed by atoms with van der Waals surface area (Å²) < 4.78 is 4.45. The first-order valence-electron chi connectivity index (χ1n) is 6.35. The molecular formula is C13H24N2O5. The Kier molecular flexibility index (Phi) is 7.02. The van der Waals surface area contributed by atoms with E-state index >= 15 is 0 Å². The molecule has 0 saturated carbocycles. The summed E-state index contributed by atoms with van der Waals surface area (Å²) in [6, 6.07) is -0.504. The largest absolute Gasteiger partial charge is 0.481 e. The lowest BCUT2D eigenvalue weighted by atomic mass is 9.84. The Morgan fingerprint density at radius 1 is 1.30 bits per heavy atom. The number of methoxy groups -OCH3 is 1. The molecule has 1 unspecified atom stereocenters. The second-order valence-corrected chi connectivity index (χ2v) is 5.92. The van der Waals surface area contributed by atoms with Crippen LogP contribution in [-0.4, -0.2) is 55.2 Å². The van der Waals surface area contributed by atoms with Crippen molar-refractivity contribution in [3.8, 4) is 0 Å². The number of carboxylic acids is 1. The van der Waals surface area contributed by atoms with E-state index in [-0.39, 0.29) is 18.5 Å². The van der Waals surface area contributed by atoms with Gasteiger partial charge in [-0.3, -0.25) is 9.59 Å². The zero-order chi connectivity index (χ0) is 15.9. The molecule has 20 heavy (non-hydrogen) atoms. The van der Waals surface area contributed by atoms with Crippen LogP contribution in [0.4, 0.5) is 4.79 Å². The minimum atomic E-state index is -0.948. The molecule has 0 spiro atoms. The van der Waals surface area contributed by atoms with Gasteiger partial charge in [-0.05, 0) is 11.8 Å². The molecule has 2 N–H and O–H groups in total. The van der Waals surface area contributed by atoms with Crippen molar-refractivity contribution < 1.29 is 24.2 Å². The van der Waals surface area contributed by atoms with Gasteiger partial charge in [0.25, 0.3) is 0 Å². The third kappa shape index (κ3) is 7.60. The van der Waals surface area contributed by atoms with Gasteiger partial charge in [-0.25, -0.2) is 4.79 Å². The van der Waals surface area contributed by atoms with Gasteiger partial charge >= 0.3 is 18.0 Å². The quantitative estimate of drug-likeness (QED) is 0.709. The first-order chi connectivity index (χ1) is 9.06. The second kappa shape index (κ2) is 7.72. The summed E-state index contributed by atoms with van der Waals surface area (Å²) in [5.74, 6) is -2.14. The maximum atomic E-state index is 11.7. The Morgan fingerprint density at radius 3 is 2.25 bits per heavy atom. The molecule has 0 aliphatic rings. The molecule has 0 aliphatic carbocycles. The Hall–Kier alpha value is -1.79. The number of esters is 1. The number of rotatable bonds is 6. The lowest BCUT2D eigenvalue weighted by Gasteiger charge is -2.24. The van der Waals surface area contributed by atoms with Gasteiger partial charge in [-0.15, -0.1) is 0 Å². The van der Waals surface area contributed by atoms with E-state index in [0.717, 1.165) is 4.90 Å². The molecule has 0 aliphatic heterocycles. The van der Waals surface area contributed by atoms with Crippen molar-refractivity contribution in [3.05, 3.63) is 0 Å². The number of urea groups is 1. The fourth-order valence-corrected chi connectivity index (χ4v) is 1.66. The summed E-state index contributed by atoms with van der Waals surface area (Å²) in [5, 5.41) is 11.6. The molecule has 0 fully saturated rings. The lowest BCUT2D eigenvalue weighted by molar-refractivity contribution is -0.143. The van der Waals surface area contributed by atoms with Crippen LogP contribution < -0.4 is 5.32 Å². The fourth-order valence-electron chi connectivity index (χ4n) is 1.66. The van der Waals surface area contributed by atoms with Gasteiger partial charge in [0, 0.05) is 13.6 Å². The van der Waals surface area contributed by atoms with Crippen molar-refractivity contribution in [2.75, 3.05) is 27.2 Å². The van der Waals surface area contributed by atoms with Gasteiger partial charge < -0.3 is 20.1 Å². The number of hydrogen-bond donors (Lipinski definition) is 2. The number of ether oxygens (including phenoxy) is 1. The molecule has 0 aromatic heterocycles. The molecule has 1 atom stereocenters. The Bertz CT molecular complexity index is 362. The second-order valence-electron chi connectivity index (χ2n) is 5.92. The van der Waals surface area contributed by atoms with Gasteiger partial charge in [0.15, 0.2) is 0 Å². The molecule has 0 rings (SSSR count). The zero-order valence-corrected chi connectivity index (χ0v) is 12.7. The van der Waals surface area contributed by atoms with Crippen LogP contribution in [0, 0.1) is 11.3 Å². The van der Waals surface area contributed by atoms with Crippen LogP contribution in [0.3, 0.4) is 0 Å². The highest BCUT2D eigenvalue weighted by molar-refractivity contribution is 5.81. The predicted molar refractivity (Wildman–Crippen MR) is 73.2 cm³/mol. The van der Waals surface area contributed by atoms with Crippen molar-refractivity contribution in [2.45, 2.75) is 27.2 Å². The number of carboxylic acid groups (broad SMARTS) is 1. The van der Waals surface area contributed by atoms with Gasteiger partial charge in [0.05, 0.1) is 13.0 Å². The Balaban J connectivity index is 4.38. The SMILES string of the molecule is COC(=O)CN(C)C(=O)NCC(CC(C)(C)C)C(=O)O. The van der Waals surface area contributed by atoms with E-state index in [1.54, 1.807) is 0 Å². The number of likely N-dealkylation sites (N-methyl/N-ethyl adjacent to an activating group) is 1. The monoisotopic (exact) mass is 288 g/mol. The summed E-state index contributed by atoms with van der Waals surface area (Å²) in [6.45, 7) is 5.66. The molecule has 0 heterocycles. The Labute approximate surface area is 119 Å². The number of carbonyl (C=O) groups is 3. The van der Waals surface area contributed by atoms with Crippen LogP contribution >= 0.6 is 0 Å². The van der Waals surface area contributed by atoms with Crippen LogP contribution in [0.1, 0.15) is 27.2 Å². The molecule has 7 nitrogen and oxygen atoms in total. The average molecular weight is 288 g/mol. The number of amides is 2. The minimum Gasteiger partial charge on any atom is -0.481 e. The van der Waals surface area contributed by atoms with E-state index in [2.05, 4.69) is 10.1 Å². The highest BCUT2D eigenvalue weighted by Gasteiger charge is 2.25. The molecule has 7 heteroatoms. The van der Waals surface area contributed by atoms with Crippen LogP contribution in [-0.2, 0) is 14.3 Å². The van der Waals surface area contributed by atoms with Crippen molar-refractivity contribution in [1.29, 1.82) is 0 Å². The summed E-state index contributed by atoms with van der Waals surface area (Å²) in [4.78, 5) is 35.0. The smallest absolute Gasteiger partial charge is 0.325 e. The average Bonchev–Trinajstić information content (AvgIpc) is 2.31. The van der Waals surface area contributed by atoms with E-state index in [0.29, 0.717) is 6.42 Å². The Morgan fingerprint density at radius 2 is 1.85 bits per heavy atom. The topological polar surface area (TPSA) is 95.9 Å². The molecule has 0 radical (unpaired) electrons. The highest BCUT2D eigenvalue weighted by atomic mass is 16.5. The molecule has 0 saturated heterocycles. The van der Waals surface area contributed by atoms with E-state index in [4.69, 9.17) is 5.11 Å². The first kappa shape index (κ1) is 18.2. The zero-order valence-electron chi connectivity index (χ0n) is 12.7. The number of carbonyl (C=O) groups excluding carboxylic acids is 2. The number of nitrogens with zero attached hydrogens (tertiary/aromatic N) is 1. The molecule has 0 aromatic carbocycles. The van der Waals surface area contributed by atoms with Crippen molar-refractivity contribution >= 4 is 18.0 Å². The number of nitrogens with one attached hydrogen (secondary N) is 1.